The lowest BCUT2D eigenvalue weighted by Gasteiger charge is -2.05. The van der Waals surface area contributed by atoms with Crippen molar-refractivity contribution in [1.29, 1.82) is 0 Å². The zero-order valence-electron chi connectivity index (χ0n) is 9.17. The van der Waals surface area contributed by atoms with E-state index in [0.29, 0.717) is 0 Å². The molecule has 0 saturated heterocycles. The molecule has 1 heterocycles. The normalized spacial score (nSPS) is 10.9. The van der Waals surface area contributed by atoms with E-state index in [1.807, 2.05) is 4.72 Å². The maximum atomic E-state index is 11.2. The van der Waals surface area contributed by atoms with Crippen LogP contribution >= 0.6 is 0 Å². The van der Waals surface area contributed by atoms with Crippen LogP contribution in [0, 0.1) is 0 Å². The highest BCUT2D eigenvalue weighted by molar-refractivity contribution is 7.88. The number of hydrogen-bond donors (Lipinski definition) is 3. The average Bonchev–Trinajstić information content (AvgIpc) is 2.74. The molecular formula is C8H10N2O7S. The number of methoxy groups -OCH3 is 1. The fraction of sp³-hybridized carbons (Fsp3) is 0.250. The zero-order valence-corrected chi connectivity index (χ0v) is 9.98. The molecule has 0 atom stereocenters. The van der Waals surface area contributed by atoms with Crippen LogP contribution in [0.15, 0.2) is 16.5 Å². The molecule has 0 aliphatic rings. The Kier molecular flexibility index (Phi) is 4.28. The van der Waals surface area contributed by atoms with Crippen LogP contribution in [0.4, 0.5) is 4.79 Å². The summed E-state index contributed by atoms with van der Waals surface area (Å²) in [5.74, 6) is -1.50. The lowest BCUT2D eigenvalue weighted by atomic mass is 10.4. The molecule has 0 bridgehead atoms. The van der Waals surface area contributed by atoms with Crippen LogP contribution in [0.25, 0.3) is 0 Å². The fourth-order valence-electron chi connectivity index (χ4n) is 0.941. The van der Waals surface area contributed by atoms with E-state index >= 15 is 0 Å². The van der Waals surface area contributed by atoms with Crippen molar-refractivity contribution in [2.75, 3.05) is 7.11 Å². The van der Waals surface area contributed by atoms with Gasteiger partial charge in [0.05, 0.1) is 13.7 Å². The van der Waals surface area contributed by atoms with E-state index in [9.17, 15) is 18.0 Å². The lowest BCUT2D eigenvalue weighted by Crippen LogP contribution is -2.39. The molecular weight excluding hydrogens is 268 g/mol. The monoisotopic (exact) mass is 278 g/mol. The Balaban J connectivity index is 2.58. The molecule has 10 heteroatoms. The molecule has 0 fully saturated rings. The second-order valence-electron chi connectivity index (χ2n) is 2.99. The van der Waals surface area contributed by atoms with Crippen molar-refractivity contribution in [3.8, 4) is 0 Å². The summed E-state index contributed by atoms with van der Waals surface area (Å²) in [6.07, 6.45) is -1.15. The number of ether oxygens (including phenoxy) is 1. The molecule has 1 aromatic rings. The molecule has 100 valence electrons. The highest BCUT2D eigenvalue weighted by Gasteiger charge is 2.15. The smallest absolute Gasteiger partial charge is 0.421 e. The maximum absolute atomic E-state index is 11.2. The van der Waals surface area contributed by atoms with Gasteiger partial charge in [-0.05, 0) is 12.1 Å². The highest BCUT2D eigenvalue weighted by atomic mass is 32.2. The number of rotatable bonds is 5. The summed E-state index contributed by atoms with van der Waals surface area (Å²) >= 11 is 0. The summed E-state index contributed by atoms with van der Waals surface area (Å²) in [7, 11) is -3.07. The minimum Gasteiger partial charge on any atom is -0.475 e. The summed E-state index contributed by atoms with van der Waals surface area (Å²) in [6.45, 7) is -0.306. The Bertz CT molecular complexity index is 548. The van der Waals surface area contributed by atoms with Crippen LogP contribution in [0.3, 0.4) is 0 Å². The van der Waals surface area contributed by atoms with Gasteiger partial charge in [0.1, 0.15) is 5.76 Å². The predicted molar refractivity (Wildman–Crippen MR) is 57.0 cm³/mol. The van der Waals surface area contributed by atoms with E-state index in [4.69, 9.17) is 9.52 Å². The van der Waals surface area contributed by atoms with Gasteiger partial charge in [0.2, 0.25) is 5.76 Å². The van der Waals surface area contributed by atoms with E-state index in [1.54, 1.807) is 4.72 Å². The van der Waals surface area contributed by atoms with Gasteiger partial charge in [-0.2, -0.15) is 13.1 Å². The molecule has 1 aromatic heterocycles. The Morgan fingerprint density at radius 2 is 2.11 bits per heavy atom. The summed E-state index contributed by atoms with van der Waals surface area (Å²) in [4.78, 5) is 21.2. The second kappa shape index (κ2) is 5.51. The first-order chi connectivity index (χ1) is 8.34. The molecule has 3 N–H and O–H groups in total. The van der Waals surface area contributed by atoms with Gasteiger partial charge in [0.15, 0.2) is 0 Å². The van der Waals surface area contributed by atoms with Gasteiger partial charge < -0.3 is 14.3 Å². The third-order valence-corrected chi connectivity index (χ3v) is 2.67. The van der Waals surface area contributed by atoms with E-state index in [2.05, 4.69) is 4.74 Å². The molecule has 0 aromatic carbocycles. The van der Waals surface area contributed by atoms with E-state index in [1.165, 1.54) is 12.1 Å². The Labute approximate surface area is 102 Å². The van der Waals surface area contributed by atoms with E-state index in [0.717, 1.165) is 7.11 Å². The number of carbonyl (C=O) groups is 2. The van der Waals surface area contributed by atoms with Gasteiger partial charge in [0, 0.05) is 0 Å². The molecule has 9 nitrogen and oxygen atoms in total. The van der Waals surface area contributed by atoms with E-state index < -0.39 is 22.3 Å². The first-order valence-electron chi connectivity index (χ1n) is 4.51. The summed E-state index contributed by atoms with van der Waals surface area (Å²) in [5.41, 5.74) is 0. The van der Waals surface area contributed by atoms with Crippen LogP contribution in [-0.2, 0) is 21.5 Å². The SMILES string of the molecule is COC(=O)NS(=O)(=O)NCc1ccc(C(=O)O)o1. The van der Waals surface area contributed by atoms with Crippen LogP contribution in [0.5, 0.6) is 0 Å². The van der Waals surface area contributed by atoms with Crippen molar-refractivity contribution in [1.82, 2.24) is 9.44 Å². The largest absolute Gasteiger partial charge is 0.475 e. The molecule has 0 radical (unpaired) electrons. The van der Waals surface area contributed by atoms with Gasteiger partial charge in [-0.25, -0.2) is 14.3 Å². The Hall–Kier alpha value is -2.07. The minimum atomic E-state index is -4.08. The first kappa shape index (κ1) is 14.0. The number of hydrogen-bond acceptors (Lipinski definition) is 6. The predicted octanol–water partition coefficient (Wildman–Crippen LogP) is -0.332. The van der Waals surface area contributed by atoms with Crippen LogP contribution in [-0.4, -0.2) is 32.7 Å². The summed E-state index contributed by atoms with van der Waals surface area (Å²) < 4.78 is 34.9. The van der Waals surface area contributed by atoms with Crippen molar-refractivity contribution >= 4 is 22.3 Å². The average molecular weight is 278 g/mol. The van der Waals surface area contributed by atoms with Gasteiger partial charge in [0.25, 0.3) is 0 Å². The van der Waals surface area contributed by atoms with Gasteiger partial charge in [-0.3, -0.25) is 0 Å². The number of carboxylic acids is 1. The van der Waals surface area contributed by atoms with E-state index in [-0.39, 0.29) is 18.1 Å². The summed E-state index contributed by atoms with van der Waals surface area (Å²) in [5, 5.41) is 8.57. The second-order valence-corrected chi connectivity index (χ2v) is 4.49. The summed E-state index contributed by atoms with van der Waals surface area (Å²) in [6, 6.07) is 2.48. The number of furan rings is 1. The third-order valence-electron chi connectivity index (χ3n) is 1.71. The quantitative estimate of drug-likeness (QED) is 0.670. The number of aromatic carboxylic acids is 1. The molecule has 18 heavy (non-hydrogen) atoms. The molecule has 1 amide bonds. The van der Waals surface area contributed by atoms with Crippen LogP contribution < -0.4 is 9.44 Å². The Morgan fingerprint density at radius 3 is 2.61 bits per heavy atom. The number of carbonyl (C=O) groups excluding carboxylic acids is 1. The van der Waals surface area contributed by atoms with Crippen molar-refractivity contribution in [3.63, 3.8) is 0 Å². The number of nitrogens with one attached hydrogen (secondary N) is 2. The molecule has 0 unspecified atom stereocenters. The minimum absolute atomic E-state index is 0.0858. The standard InChI is InChI=1S/C8H10N2O7S/c1-16-8(13)10-18(14,15)9-4-5-2-3-6(17-5)7(11)12/h2-3,9H,4H2,1H3,(H,10,13)(H,11,12). The van der Waals surface area contributed by atoms with Crippen LogP contribution in [0.1, 0.15) is 16.3 Å². The van der Waals surface area contributed by atoms with Crippen LogP contribution in [0.2, 0.25) is 0 Å². The van der Waals surface area contributed by atoms with Gasteiger partial charge in [-0.15, -0.1) is 0 Å². The highest BCUT2D eigenvalue weighted by Crippen LogP contribution is 2.07. The molecule has 0 aliphatic carbocycles. The lowest BCUT2D eigenvalue weighted by molar-refractivity contribution is 0.0660. The first-order valence-corrected chi connectivity index (χ1v) is 6.00. The van der Waals surface area contributed by atoms with Crippen molar-refractivity contribution in [2.24, 2.45) is 0 Å². The zero-order chi connectivity index (χ0) is 13.8. The molecule has 0 saturated carbocycles. The number of amides is 1. The number of carboxylic acid groups (broad SMARTS) is 1. The molecule has 0 aliphatic heterocycles. The topological polar surface area (TPSA) is 135 Å². The van der Waals surface area contributed by atoms with Gasteiger partial charge >= 0.3 is 22.3 Å². The van der Waals surface area contributed by atoms with Crippen molar-refractivity contribution in [3.05, 3.63) is 23.7 Å². The van der Waals surface area contributed by atoms with Crippen molar-refractivity contribution in [2.45, 2.75) is 6.54 Å². The maximum Gasteiger partial charge on any atom is 0.421 e. The van der Waals surface area contributed by atoms with Gasteiger partial charge in [-0.1, -0.05) is 0 Å². The molecule has 1 rings (SSSR count). The van der Waals surface area contributed by atoms with Crippen molar-refractivity contribution < 1.29 is 32.3 Å². The molecule has 0 spiro atoms. The Morgan fingerprint density at radius 1 is 1.44 bits per heavy atom. The fourth-order valence-corrected chi connectivity index (χ4v) is 1.65. The third kappa shape index (κ3) is 4.07.